The summed E-state index contributed by atoms with van der Waals surface area (Å²) < 4.78 is 228. The summed E-state index contributed by atoms with van der Waals surface area (Å²) >= 11 is 0. The molecule has 752 valence electrons. The molecule has 0 saturated carbocycles. The van der Waals surface area contributed by atoms with Crippen molar-refractivity contribution in [1.29, 1.82) is 0 Å². The maximum Gasteiger partial charge on any atom is 0.212 e. The van der Waals surface area contributed by atoms with Crippen LogP contribution in [0.15, 0.2) is 101 Å². The van der Waals surface area contributed by atoms with Crippen molar-refractivity contribution < 1.29 is 105 Å². The molecule has 128 heavy (non-hydrogen) atoms. The van der Waals surface area contributed by atoms with Crippen LogP contribution in [-0.4, -0.2) is 211 Å². The highest BCUT2D eigenvalue weighted by molar-refractivity contribution is 7.91. The van der Waals surface area contributed by atoms with E-state index in [1.54, 1.807) is 48.6 Å². The molecular weight excluding hydrogens is 1810 g/mol. The maximum atomic E-state index is 11.5. The Kier molecular flexibility index (Phi) is 60.1. The lowest BCUT2D eigenvalue weighted by Gasteiger charge is -2.23. The first-order valence-corrected chi connectivity index (χ1v) is 58.4. The zero-order chi connectivity index (χ0) is 97.5. The van der Waals surface area contributed by atoms with Gasteiger partial charge in [0.05, 0.1) is 90.8 Å². The van der Waals surface area contributed by atoms with Gasteiger partial charge in [0.2, 0.25) is 80.2 Å². The second-order valence-electron chi connectivity index (χ2n) is 36.0. The summed E-state index contributed by atoms with van der Waals surface area (Å²) in [5, 5.41) is 38.0. The van der Waals surface area contributed by atoms with Crippen LogP contribution in [0, 0.1) is 47.3 Å². The van der Waals surface area contributed by atoms with Crippen LogP contribution < -0.4 is 41.1 Å². The Morgan fingerprint density at radius 2 is 0.289 bits per heavy atom. The van der Waals surface area contributed by atoms with Crippen LogP contribution in [0.25, 0.3) is 0 Å². The van der Waals surface area contributed by atoms with Crippen LogP contribution in [0.1, 0.15) is 261 Å². The van der Waals surface area contributed by atoms with Crippen molar-refractivity contribution in [3.63, 3.8) is 0 Å². The van der Waals surface area contributed by atoms with Gasteiger partial charge in [-0.15, -0.1) is 52.6 Å². The Hall–Kier alpha value is -3.12. The lowest BCUT2D eigenvalue weighted by molar-refractivity contribution is 0.0995. The van der Waals surface area contributed by atoms with Gasteiger partial charge in [-0.25, -0.2) is 108 Å². The zero-order valence-corrected chi connectivity index (χ0v) is 84.6. The Bertz CT molecular complexity index is 3350. The first-order valence-electron chi connectivity index (χ1n) is 45.5. The second kappa shape index (κ2) is 62.6. The van der Waals surface area contributed by atoms with E-state index in [0.717, 1.165) is 156 Å². The van der Waals surface area contributed by atoms with E-state index < -0.39 is 122 Å². The van der Waals surface area contributed by atoms with Crippen molar-refractivity contribution in [2.45, 2.75) is 352 Å². The number of rotatable bonds is 48. The van der Waals surface area contributed by atoms with Crippen LogP contribution in [-0.2, 0) is 118 Å². The predicted molar refractivity (Wildman–Crippen MR) is 516 cm³/mol. The molecule has 0 radical (unpaired) electrons. The van der Waals surface area contributed by atoms with Crippen molar-refractivity contribution in [2.24, 2.45) is 88.5 Å². The molecule has 8 aliphatic rings. The van der Waals surface area contributed by atoms with Crippen molar-refractivity contribution in [1.82, 2.24) is 0 Å². The summed E-state index contributed by atoms with van der Waals surface area (Å²) in [4.78, 5) is 0. The third kappa shape index (κ3) is 51.2. The van der Waals surface area contributed by atoms with E-state index in [-0.39, 0.29) is 96.2 Å². The molecule has 0 amide bonds. The van der Waals surface area contributed by atoms with E-state index >= 15 is 0 Å². The Morgan fingerprint density at radius 3 is 0.344 bits per heavy atom. The normalized spacial score (nSPS) is 25.2. The molecular formula is C88H168N8O24S8. The van der Waals surface area contributed by atoms with Crippen LogP contribution in [0.5, 0.6) is 0 Å². The number of ether oxygens (including phenoxy) is 8. The summed E-state index contributed by atoms with van der Waals surface area (Å²) in [6, 6.07) is 0. The van der Waals surface area contributed by atoms with Crippen LogP contribution >= 0.6 is 0 Å². The molecule has 32 nitrogen and oxygen atoms in total. The molecule has 24 atom stereocenters. The highest BCUT2D eigenvalue weighted by atomic mass is 32.2. The number of sulfonamides is 8. The van der Waals surface area contributed by atoms with E-state index in [2.05, 4.69) is 52.6 Å². The molecule has 8 aliphatic heterocycles. The van der Waals surface area contributed by atoms with E-state index in [9.17, 15) is 67.3 Å². The largest absolute Gasteiger partial charge is 0.378 e. The summed E-state index contributed by atoms with van der Waals surface area (Å²) in [6.45, 7) is 50.1. The summed E-state index contributed by atoms with van der Waals surface area (Å²) in [5.41, 5.74) is 0. The Morgan fingerprint density at radius 1 is 0.203 bits per heavy atom. The zero-order valence-electron chi connectivity index (χ0n) is 78.1. The van der Waals surface area contributed by atoms with Gasteiger partial charge in [0, 0.05) is 52.9 Å². The molecule has 8 heterocycles. The number of nitrogens with two attached hydrogens (primary N) is 8. The van der Waals surface area contributed by atoms with E-state index in [0.29, 0.717) is 103 Å². The fraction of sp³-hybridized carbons (Fsp3) is 0.818. The quantitative estimate of drug-likeness (QED) is 0.0262. The molecule has 0 aromatic heterocycles. The monoisotopic (exact) mass is 1980 g/mol. The Balaban J connectivity index is 0.000000731. The van der Waals surface area contributed by atoms with Gasteiger partial charge in [-0.1, -0.05) is 104 Å². The van der Waals surface area contributed by atoms with Crippen LogP contribution in [0.2, 0.25) is 0 Å². The van der Waals surface area contributed by atoms with Gasteiger partial charge in [0.15, 0.2) is 0 Å². The van der Waals surface area contributed by atoms with Gasteiger partial charge in [-0.3, -0.25) is 0 Å². The molecule has 8 rings (SSSR count). The van der Waals surface area contributed by atoms with Crippen molar-refractivity contribution in [3.05, 3.63) is 101 Å². The van der Waals surface area contributed by atoms with Crippen LogP contribution in [0.4, 0.5) is 0 Å². The minimum Gasteiger partial charge on any atom is -0.378 e. The molecule has 16 N–H and O–H groups in total. The summed E-state index contributed by atoms with van der Waals surface area (Å²) in [5.74, 6) is -0.0244. The number of hydrogen-bond acceptors (Lipinski definition) is 24. The second-order valence-corrected chi connectivity index (χ2v) is 50.3. The molecule has 40 heteroatoms. The molecule has 0 spiro atoms. The number of allylic oxidation sites excluding steroid dienone is 8. The fourth-order valence-electron chi connectivity index (χ4n) is 17.6. The summed E-state index contributed by atoms with van der Waals surface area (Å²) in [6.07, 6.45) is 39.2. The Labute approximate surface area is 774 Å². The average Bonchev–Trinajstić information content (AvgIpc) is 1.51. The van der Waals surface area contributed by atoms with Gasteiger partial charge < -0.3 is 37.9 Å². The summed E-state index contributed by atoms with van der Waals surface area (Å²) in [7, 11) is -28.0. The number of primary sulfonamides is 8. The first-order chi connectivity index (χ1) is 59.6. The molecule has 0 unspecified atom stereocenters. The van der Waals surface area contributed by atoms with Gasteiger partial charge in [0.25, 0.3) is 0 Å². The smallest absolute Gasteiger partial charge is 0.212 e. The maximum absolute atomic E-state index is 11.5. The van der Waals surface area contributed by atoms with E-state index in [1.165, 1.54) is 0 Å². The number of hydrogen-bond donors (Lipinski definition) is 8. The predicted octanol–water partition coefficient (Wildman–Crippen LogP) is 11.4. The van der Waals surface area contributed by atoms with Gasteiger partial charge in [0.1, 0.15) is 0 Å². The van der Waals surface area contributed by atoms with Gasteiger partial charge >= 0.3 is 0 Å². The molecule has 8 saturated heterocycles. The fourth-order valence-corrected chi connectivity index (χ4v) is 27.5. The minimum atomic E-state index is -3.50. The minimum absolute atomic E-state index is 0.00306. The van der Waals surface area contributed by atoms with Gasteiger partial charge in [-0.05, 0) is 253 Å². The molecule has 0 aromatic carbocycles. The topological polar surface area (TPSA) is 555 Å². The average molecular weight is 1980 g/mol. The van der Waals surface area contributed by atoms with Crippen molar-refractivity contribution >= 4 is 80.2 Å². The molecule has 0 aliphatic carbocycles. The van der Waals surface area contributed by atoms with E-state index in [4.69, 9.17) is 79.0 Å². The molecule has 8 fully saturated rings. The lowest BCUT2D eigenvalue weighted by atomic mass is 9.98. The molecule has 0 aromatic rings. The highest BCUT2D eigenvalue weighted by Gasteiger charge is 2.40. The standard InChI is InChI=1S/8C11H21NO3S/c8*1-3-5-9(2)11(16(12,13)14)8-10-6-4-7-15-10/h8*3,9-11H,1,4-8H2,2H3,(H2,12,13,14)/t2*9-,10+,11+;2*9-,10+,11-;2*9-,10-,11+;2*9-,10-,11-/m10101010/s1. The van der Waals surface area contributed by atoms with Crippen LogP contribution in [0.3, 0.4) is 0 Å². The molecule has 0 bridgehead atoms. The van der Waals surface area contributed by atoms with Crippen molar-refractivity contribution in [3.8, 4) is 0 Å². The lowest BCUT2D eigenvalue weighted by Crippen LogP contribution is -2.36. The first kappa shape index (κ1) is 123. The van der Waals surface area contributed by atoms with Gasteiger partial charge in [-0.2, -0.15) is 0 Å². The van der Waals surface area contributed by atoms with E-state index in [1.807, 2.05) is 55.4 Å². The highest BCUT2D eigenvalue weighted by Crippen LogP contribution is 2.34. The van der Waals surface area contributed by atoms with Crippen molar-refractivity contribution in [2.75, 3.05) is 52.9 Å². The third-order valence-electron chi connectivity index (χ3n) is 24.9. The SMILES string of the molecule is C=CC[C@@H](C)[C@@H](C[C@@H]1CCCO1)S(N)(=O)=O.C=CC[C@@H](C)[C@@H](C[C@H]1CCCO1)S(N)(=O)=O.C=CC[C@@H](C)[C@H](C[C@@H]1CCCO1)S(N)(=O)=O.C=CC[C@@H](C)[C@H](C[C@H]1CCCO1)S(N)(=O)=O.C=CC[C@H](C)[C@@H](C[C@@H]1CCCO1)S(N)(=O)=O.C=CC[C@H](C)[C@@H](C[C@H]1CCCO1)S(N)(=O)=O.C=CC[C@H](C)[C@H](C[C@@H]1CCCO1)S(N)(=O)=O.C=CC[C@H](C)[C@H](C[C@H]1CCCO1)S(N)(=O)=O. The third-order valence-corrected chi connectivity index (χ3v) is 36.9.